The number of carbonyl (C=O) groups excluding carboxylic acids is 4. The molecule has 0 unspecified atom stereocenters. The lowest BCUT2D eigenvalue weighted by molar-refractivity contribution is 0.0692. The van der Waals surface area contributed by atoms with Crippen molar-refractivity contribution in [2.75, 3.05) is 42.1 Å². The number of rotatable bonds is 28. The number of carboxylic acid groups (broad SMARTS) is 1. The first kappa shape index (κ1) is 99.4. The number of hydrogen-bond donors (Lipinski definition) is 10. The second-order valence-corrected chi connectivity index (χ2v) is 32.3. The second kappa shape index (κ2) is 45.9. The molecule has 0 aliphatic heterocycles. The molecule has 4 amide bonds. The molecule has 8 heterocycles. The van der Waals surface area contributed by atoms with E-state index in [-0.39, 0.29) is 75.8 Å². The van der Waals surface area contributed by atoms with Gasteiger partial charge in [-0.05, 0) is 224 Å². The zero-order chi connectivity index (χ0) is 101. The number of thiophene rings is 1. The molecular weight excluding hydrogens is 1890 g/mol. The van der Waals surface area contributed by atoms with Gasteiger partial charge in [-0.15, -0.1) is 11.3 Å². The van der Waals surface area contributed by atoms with Gasteiger partial charge in [0, 0.05) is 82.0 Å². The highest BCUT2D eigenvalue weighted by Crippen LogP contribution is 2.40. The molecule has 39 heteroatoms. The van der Waals surface area contributed by atoms with Crippen LogP contribution in [0, 0.1) is 64.1 Å². The van der Waals surface area contributed by atoms with Gasteiger partial charge in [0.1, 0.15) is 98.2 Å². The minimum atomic E-state index is -1.13. The summed E-state index contributed by atoms with van der Waals surface area (Å²) in [5.74, 6) is -6.18. The molecule has 1 aliphatic carbocycles. The molecule has 19 rings (SSSR count). The molecule has 10 aromatic carbocycles. The summed E-state index contributed by atoms with van der Waals surface area (Å²) in [6, 6.07) is 40.3. The number of halogens is 10. The molecule has 28 nitrogen and oxygen atoms in total. The molecule has 0 spiro atoms. The van der Waals surface area contributed by atoms with Crippen molar-refractivity contribution in [3.63, 3.8) is 0 Å². The number of furan rings is 1. The van der Waals surface area contributed by atoms with Crippen LogP contribution in [-0.4, -0.2) is 138 Å². The number of benzene rings is 10. The van der Waals surface area contributed by atoms with Gasteiger partial charge in [0.25, 0.3) is 23.6 Å². The van der Waals surface area contributed by atoms with Gasteiger partial charge in [0.15, 0.2) is 0 Å². The third-order valence-corrected chi connectivity index (χ3v) is 22.9. The van der Waals surface area contributed by atoms with Gasteiger partial charge in [-0.3, -0.25) is 54.6 Å². The number of ether oxygens (including phenoxy) is 5. The lowest BCUT2D eigenvalue weighted by Crippen LogP contribution is -2.26. The predicted octanol–water partition coefficient (Wildman–Crippen LogP) is 21.2. The number of nitrogens with one attached hydrogen (secondary N) is 9. The maximum Gasteiger partial charge on any atom is 0.339 e. The number of carbonyl (C=O) groups is 5. The van der Waals surface area contributed by atoms with Crippen molar-refractivity contribution in [3.05, 3.63) is 365 Å². The van der Waals surface area contributed by atoms with Crippen molar-refractivity contribution in [2.45, 2.75) is 32.5 Å². The van der Waals surface area contributed by atoms with Crippen molar-refractivity contribution in [2.24, 2.45) is 5.92 Å². The Morgan fingerprint density at radius 3 is 0.972 bits per heavy atom. The number of fused-ring (bicyclic) bond motifs is 5. The number of methoxy groups -OCH3 is 5. The van der Waals surface area contributed by atoms with Crippen LogP contribution in [0.1, 0.15) is 137 Å². The van der Waals surface area contributed by atoms with E-state index in [9.17, 15) is 73.0 Å². The van der Waals surface area contributed by atoms with Gasteiger partial charge in [0.05, 0.1) is 179 Å². The van der Waals surface area contributed by atoms with E-state index in [4.69, 9.17) is 28.1 Å². The molecule has 18 aromatic rings. The Labute approximate surface area is 809 Å². The number of hydrogen-bond acceptors (Lipinski definition) is 19. The SMILES string of the molecule is COc1c(C(=O)NCC2CC2)ccc2n[nH]c(/C=C/c3ccc(F)cc3F)c12.COc1c(C(=O)NCc2ccco2)ccc2n[nH]c(/C=C/c3ccc(F)cc3F)c12.COc1c(C(=O)NCc2cccs2)ccc2n[nH]c(/C=C/c3ccc(F)cc3F)c12.COc1c(C(=O)NCc2cnccn2)ccc2n[nH]c(/C=C/c3ccc(F)cc3F)c12.COc1c(C(=O)O)ccc2n[nH]c(/C=C/c3ccc(F)cc3F)c12. The molecule has 0 bridgehead atoms. The van der Waals surface area contributed by atoms with E-state index in [0.29, 0.717) is 159 Å². The van der Waals surface area contributed by atoms with Gasteiger partial charge in [-0.1, -0.05) is 6.07 Å². The zero-order valence-electron chi connectivity index (χ0n) is 76.0. The van der Waals surface area contributed by atoms with E-state index in [1.165, 1.54) is 139 Å². The molecule has 1 fully saturated rings. The monoisotopic (exact) mass is 1970 g/mol. The van der Waals surface area contributed by atoms with E-state index in [0.717, 1.165) is 54.1 Å². The molecule has 0 atom stereocenters. The highest BCUT2D eigenvalue weighted by atomic mass is 32.1. The Hall–Kier alpha value is -18.0. The summed E-state index contributed by atoms with van der Waals surface area (Å²) in [6.07, 6.45) is 23.9. The molecule has 1 aliphatic rings. The van der Waals surface area contributed by atoms with Crippen LogP contribution in [-0.2, 0) is 19.6 Å². The number of H-pyrrole nitrogens is 5. The minimum Gasteiger partial charge on any atom is -0.495 e. The van der Waals surface area contributed by atoms with Gasteiger partial charge in [0.2, 0.25) is 0 Å². The van der Waals surface area contributed by atoms with Crippen LogP contribution < -0.4 is 45.0 Å². The van der Waals surface area contributed by atoms with E-state index in [2.05, 4.69) is 82.2 Å². The lowest BCUT2D eigenvalue weighted by atomic mass is 10.1. The average Bonchev–Trinajstić information content (AvgIpc) is 1.67. The van der Waals surface area contributed by atoms with Crippen LogP contribution in [0.4, 0.5) is 43.9 Å². The van der Waals surface area contributed by atoms with Gasteiger partial charge < -0.3 is 54.5 Å². The summed E-state index contributed by atoms with van der Waals surface area (Å²) in [5.41, 5.74) is 8.56. The zero-order valence-corrected chi connectivity index (χ0v) is 76.8. The normalized spacial score (nSPS) is 11.8. The molecule has 726 valence electrons. The van der Waals surface area contributed by atoms with Crippen molar-refractivity contribution in [1.29, 1.82) is 0 Å². The molecule has 0 saturated heterocycles. The topological polar surface area (TPSA) is 382 Å². The van der Waals surface area contributed by atoms with E-state index in [1.807, 2.05) is 17.5 Å². The number of amides is 4. The van der Waals surface area contributed by atoms with Gasteiger partial charge in [-0.25, -0.2) is 48.7 Å². The molecule has 10 N–H and O–H groups in total. The fraction of sp³-hybridized carbons (Fsp3) is 0.115. The maximum atomic E-state index is 13.9. The van der Waals surface area contributed by atoms with Crippen LogP contribution in [0.3, 0.4) is 0 Å². The lowest BCUT2D eigenvalue weighted by Gasteiger charge is -2.10. The van der Waals surface area contributed by atoms with Gasteiger partial charge in [-0.2, -0.15) is 25.5 Å². The molecule has 143 heavy (non-hydrogen) atoms. The average molecular weight is 1970 g/mol. The van der Waals surface area contributed by atoms with Crippen molar-refractivity contribution in [3.8, 4) is 28.7 Å². The first-order chi connectivity index (χ1) is 69.3. The fourth-order valence-corrected chi connectivity index (χ4v) is 15.4. The maximum absolute atomic E-state index is 13.9. The third kappa shape index (κ3) is 24.0. The standard InChI is InChI=1S/C22H17F2N5O2.C22H17F2N3O3.C22H17F2N3O2S.C21H19F2N3O2.C17H12F2N2O3/c1-31-21-16(22(30)27-12-15-11-25-8-9-26-15)5-7-19-20(21)18(28-29-19)6-3-13-2-4-14(23)10-17(13)24;2*1-29-21-16(22(28)25-12-15-3-2-10-30-15)7-9-19-20(21)18(26-27-19)8-5-13-4-6-14(23)11-17(13)24;1-28-20-15(21(27)24-11-12-2-3-12)7-9-18-19(20)17(25-26-18)8-5-13-4-6-14(22)10-16(13)23;1-24-16-11(17(22)23)5-7-14-15(16)13(20-21-14)6-3-9-2-4-10(18)8-12(9)19/h2-11H,12H2,1H3,(H,27,30)(H,28,29);2*2-11H,12H2,1H3,(H,25,28)(H,26,27);4-10,12H,2-3,11H2,1H3,(H,24,27)(H,25,26);2-8H,1H3,(H,20,21)(H,22,23)/b6-3+;3*8-5+;6-3+. The first-order valence-corrected chi connectivity index (χ1v) is 44.2. The molecule has 0 radical (unpaired) electrons. The Balaban J connectivity index is 0.000000135. The Bertz CT molecular complexity index is 7700. The molecule has 8 aromatic heterocycles. The minimum absolute atomic E-state index is 0.00554. The third-order valence-electron chi connectivity index (χ3n) is 22.0. The quantitative estimate of drug-likeness (QED) is 0.0204. The van der Waals surface area contributed by atoms with Crippen LogP contribution in [0.5, 0.6) is 28.7 Å². The Morgan fingerprint density at radius 1 is 0.378 bits per heavy atom. The smallest absolute Gasteiger partial charge is 0.339 e. The van der Waals surface area contributed by atoms with E-state index >= 15 is 0 Å². The number of aromatic amines is 5. The van der Waals surface area contributed by atoms with E-state index in [1.54, 1.807) is 121 Å². The number of aromatic carboxylic acids is 1. The van der Waals surface area contributed by atoms with Crippen LogP contribution >= 0.6 is 11.3 Å². The van der Waals surface area contributed by atoms with E-state index < -0.39 is 64.1 Å². The van der Waals surface area contributed by atoms with Crippen LogP contribution in [0.25, 0.3) is 115 Å². The second-order valence-electron chi connectivity index (χ2n) is 31.2. The summed E-state index contributed by atoms with van der Waals surface area (Å²) in [7, 11) is 7.24. The highest BCUT2D eigenvalue weighted by molar-refractivity contribution is 7.09. The number of aromatic nitrogens is 12. The Kier molecular flexibility index (Phi) is 32.0. The summed E-state index contributed by atoms with van der Waals surface area (Å²) in [5, 5.41) is 60.5. The predicted molar refractivity (Wildman–Crippen MR) is 520 cm³/mol. The summed E-state index contributed by atoms with van der Waals surface area (Å²) < 4.78 is 167. The van der Waals surface area contributed by atoms with Crippen molar-refractivity contribution < 1.29 is 101 Å². The van der Waals surface area contributed by atoms with Crippen molar-refractivity contribution in [1.82, 2.24) is 82.2 Å². The van der Waals surface area contributed by atoms with Gasteiger partial charge >= 0.3 is 5.97 Å². The largest absolute Gasteiger partial charge is 0.495 e. The summed E-state index contributed by atoms with van der Waals surface area (Å²) in [4.78, 5) is 71.2. The number of carboxylic acids is 1. The summed E-state index contributed by atoms with van der Waals surface area (Å²) in [6.45, 7) is 1.51. The molecular formula is C104H82F10N16O12S. The van der Waals surface area contributed by atoms with Crippen LogP contribution in [0.2, 0.25) is 0 Å². The van der Waals surface area contributed by atoms with Crippen LogP contribution in [0.15, 0.2) is 211 Å². The van der Waals surface area contributed by atoms with Crippen molar-refractivity contribution >= 4 is 156 Å². The fourth-order valence-electron chi connectivity index (χ4n) is 14.8. The first-order valence-electron chi connectivity index (χ1n) is 43.3. The Morgan fingerprint density at radius 2 is 0.692 bits per heavy atom. The number of nitrogens with zero attached hydrogens (tertiary/aromatic N) is 7. The molecule has 1 saturated carbocycles. The summed E-state index contributed by atoms with van der Waals surface area (Å²) >= 11 is 1.56. The highest BCUT2D eigenvalue weighted by Gasteiger charge is 2.28.